The zero-order valence-electron chi connectivity index (χ0n) is 11.4. The highest BCUT2D eigenvalue weighted by molar-refractivity contribution is 7.22. The van der Waals surface area contributed by atoms with Gasteiger partial charge in [-0.15, -0.1) is 0 Å². The Hall–Kier alpha value is -1.88. The van der Waals surface area contributed by atoms with Crippen LogP contribution in [0, 0.1) is 5.92 Å². The van der Waals surface area contributed by atoms with Gasteiger partial charge < -0.3 is 10.2 Å². The molecule has 1 N–H and O–H groups in total. The standard InChI is InChI=1S/C14H15N3OS/c1-2-15-13(18)10-7-8-17(9-10)14-16-11-5-3-4-6-12(11)19-14/h2-6,10H,1,7-9H2,(H,15,18)/i6T. The Balaban J connectivity index is 1.81. The van der Waals surface area contributed by atoms with Gasteiger partial charge in [-0.2, -0.15) is 0 Å². The van der Waals surface area contributed by atoms with Crippen molar-refractivity contribution in [3.05, 3.63) is 37.0 Å². The topological polar surface area (TPSA) is 45.2 Å². The molecule has 0 aliphatic carbocycles. The molecule has 98 valence electrons. The first-order chi connectivity index (χ1) is 9.69. The summed E-state index contributed by atoms with van der Waals surface area (Å²) in [4.78, 5) is 18.5. The van der Waals surface area contributed by atoms with E-state index in [1.807, 2.05) is 12.1 Å². The predicted molar refractivity (Wildman–Crippen MR) is 78.3 cm³/mol. The second kappa shape index (κ2) is 5.01. The zero-order valence-corrected chi connectivity index (χ0v) is 11.2. The third-order valence-corrected chi connectivity index (χ3v) is 4.34. The van der Waals surface area contributed by atoms with Crippen LogP contribution in [-0.2, 0) is 4.79 Å². The van der Waals surface area contributed by atoms with Crippen molar-refractivity contribution < 1.29 is 6.17 Å². The molecular weight excluding hydrogens is 258 g/mol. The third kappa shape index (κ3) is 2.33. The SMILES string of the molecule is [3H]c1cccc2nc(N3CCC(C(=O)NC=C)C3)sc12. The summed E-state index contributed by atoms with van der Waals surface area (Å²) < 4.78 is 8.79. The van der Waals surface area contributed by atoms with E-state index in [0.29, 0.717) is 12.6 Å². The number of anilines is 1. The van der Waals surface area contributed by atoms with Crippen LogP contribution in [0.25, 0.3) is 10.2 Å². The van der Waals surface area contributed by atoms with Gasteiger partial charge in [-0.3, -0.25) is 4.79 Å². The number of amides is 1. The van der Waals surface area contributed by atoms with E-state index in [1.165, 1.54) is 17.5 Å². The average molecular weight is 275 g/mol. The Morgan fingerprint density at radius 2 is 2.58 bits per heavy atom. The van der Waals surface area contributed by atoms with E-state index in [2.05, 4.69) is 21.8 Å². The van der Waals surface area contributed by atoms with Crippen molar-refractivity contribution >= 4 is 32.6 Å². The molecule has 2 aromatic rings. The first-order valence-electron chi connectivity index (χ1n) is 6.71. The van der Waals surface area contributed by atoms with Crippen LogP contribution in [0.5, 0.6) is 0 Å². The molecule has 1 unspecified atom stereocenters. The number of fused-ring (bicyclic) bond motifs is 1. The molecule has 1 fully saturated rings. The maximum Gasteiger partial charge on any atom is 0.228 e. The number of thiazole rings is 1. The van der Waals surface area contributed by atoms with Gasteiger partial charge in [0.1, 0.15) is 0 Å². The van der Waals surface area contributed by atoms with Crippen molar-refractivity contribution in [1.29, 1.82) is 0 Å². The lowest BCUT2D eigenvalue weighted by molar-refractivity contribution is -0.123. The normalized spacial score (nSPS) is 19.5. The Bertz CT molecular complexity index is 669. The largest absolute Gasteiger partial charge is 0.347 e. The van der Waals surface area contributed by atoms with Gasteiger partial charge in [0.25, 0.3) is 0 Å². The summed E-state index contributed by atoms with van der Waals surface area (Å²) in [5, 5.41) is 3.54. The highest BCUT2D eigenvalue weighted by Gasteiger charge is 2.29. The fourth-order valence-corrected chi connectivity index (χ4v) is 3.27. The summed E-state index contributed by atoms with van der Waals surface area (Å²) >= 11 is 1.52. The molecule has 19 heavy (non-hydrogen) atoms. The Labute approximate surface area is 117 Å². The molecule has 0 spiro atoms. The third-order valence-electron chi connectivity index (χ3n) is 3.28. The molecule has 0 radical (unpaired) electrons. The average Bonchev–Trinajstić information content (AvgIpc) is 3.06. The summed E-state index contributed by atoms with van der Waals surface area (Å²) in [6, 6.07) is 6.05. The van der Waals surface area contributed by atoms with Gasteiger partial charge in [0, 0.05) is 13.1 Å². The smallest absolute Gasteiger partial charge is 0.228 e. The molecule has 1 aromatic heterocycles. The summed E-state index contributed by atoms with van der Waals surface area (Å²) in [5.74, 6) is 0.000255. The number of hydrogen-bond acceptors (Lipinski definition) is 4. The number of rotatable bonds is 3. The van der Waals surface area contributed by atoms with Gasteiger partial charge in [0.05, 0.1) is 17.5 Å². The van der Waals surface area contributed by atoms with E-state index in [1.54, 1.807) is 6.07 Å². The molecule has 1 atom stereocenters. The predicted octanol–water partition coefficient (Wildman–Crippen LogP) is 2.38. The van der Waals surface area contributed by atoms with Crippen molar-refractivity contribution in [3.63, 3.8) is 0 Å². The van der Waals surface area contributed by atoms with E-state index in [4.69, 9.17) is 1.37 Å². The van der Waals surface area contributed by atoms with Gasteiger partial charge in [0.2, 0.25) is 5.91 Å². The fourth-order valence-electron chi connectivity index (χ4n) is 2.30. The first kappa shape index (κ1) is 11.0. The van der Waals surface area contributed by atoms with E-state index >= 15 is 0 Å². The lowest BCUT2D eigenvalue weighted by Crippen LogP contribution is -2.29. The van der Waals surface area contributed by atoms with E-state index in [0.717, 1.165) is 28.3 Å². The summed E-state index contributed by atoms with van der Waals surface area (Å²) in [5.41, 5.74) is 0.858. The maximum absolute atomic E-state index is 11.8. The lowest BCUT2D eigenvalue weighted by Gasteiger charge is -2.14. The minimum atomic E-state index is -0.0181. The number of benzene rings is 1. The molecule has 4 nitrogen and oxygen atoms in total. The number of nitrogens with one attached hydrogen (secondary N) is 1. The van der Waals surface area contributed by atoms with Gasteiger partial charge in [0.15, 0.2) is 5.13 Å². The van der Waals surface area contributed by atoms with Crippen molar-refractivity contribution in [1.82, 2.24) is 10.3 Å². The molecule has 1 amide bonds. The minimum Gasteiger partial charge on any atom is -0.347 e. The van der Waals surface area contributed by atoms with Crippen LogP contribution in [0.2, 0.25) is 0 Å². The highest BCUT2D eigenvalue weighted by atomic mass is 32.1. The van der Waals surface area contributed by atoms with Crippen molar-refractivity contribution in [2.24, 2.45) is 5.92 Å². The number of carbonyl (C=O) groups is 1. The lowest BCUT2D eigenvalue weighted by atomic mass is 10.1. The van der Waals surface area contributed by atoms with Crippen LogP contribution in [0.1, 0.15) is 7.79 Å². The van der Waals surface area contributed by atoms with Gasteiger partial charge in [-0.25, -0.2) is 4.98 Å². The monoisotopic (exact) mass is 275 g/mol. The molecule has 0 bridgehead atoms. The van der Waals surface area contributed by atoms with E-state index < -0.39 is 0 Å². The number of aromatic nitrogens is 1. The molecular formula is C14H15N3OS. The van der Waals surface area contributed by atoms with Crippen LogP contribution in [0.15, 0.2) is 37.0 Å². The first-order valence-corrected chi connectivity index (χ1v) is 7.03. The maximum atomic E-state index is 11.8. The van der Waals surface area contributed by atoms with Gasteiger partial charge in [-0.05, 0) is 24.7 Å². The molecule has 1 aromatic carbocycles. The quantitative estimate of drug-likeness (QED) is 0.935. The summed E-state index contributed by atoms with van der Waals surface area (Å²) in [6.07, 6.45) is 2.25. The van der Waals surface area contributed by atoms with Gasteiger partial charge >= 0.3 is 0 Å². The molecule has 1 aliphatic rings. The Morgan fingerprint density at radius 1 is 1.68 bits per heavy atom. The van der Waals surface area contributed by atoms with Crippen molar-refractivity contribution in [2.45, 2.75) is 6.42 Å². The molecule has 0 saturated carbocycles. The number of hydrogen-bond donors (Lipinski definition) is 1. The Morgan fingerprint density at radius 3 is 3.37 bits per heavy atom. The number of nitrogens with zero attached hydrogens (tertiary/aromatic N) is 2. The van der Waals surface area contributed by atoms with Crippen LogP contribution in [0.4, 0.5) is 5.13 Å². The minimum absolute atomic E-state index is 0.0181. The molecule has 1 saturated heterocycles. The van der Waals surface area contributed by atoms with Crippen LogP contribution < -0.4 is 10.2 Å². The molecule has 1 aliphatic heterocycles. The van der Waals surface area contributed by atoms with Gasteiger partial charge in [-0.1, -0.05) is 30.0 Å². The van der Waals surface area contributed by atoms with Crippen molar-refractivity contribution in [3.8, 4) is 0 Å². The van der Waals surface area contributed by atoms with Crippen LogP contribution >= 0.6 is 11.3 Å². The van der Waals surface area contributed by atoms with Crippen molar-refractivity contribution in [2.75, 3.05) is 18.0 Å². The second-order valence-electron chi connectivity index (χ2n) is 4.53. The number of para-hydroxylation sites is 1. The van der Waals surface area contributed by atoms with E-state index in [9.17, 15) is 4.79 Å². The zero-order chi connectivity index (χ0) is 14.1. The number of carbonyl (C=O) groups excluding carboxylic acids is 1. The molecule has 2 heterocycles. The molecule has 3 rings (SSSR count). The van der Waals surface area contributed by atoms with Crippen LogP contribution in [-0.4, -0.2) is 24.0 Å². The summed E-state index contributed by atoms with van der Waals surface area (Å²) in [6.45, 7) is 5.01. The van der Waals surface area contributed by atoms with E-state index in [-0.39, 0.29) is 11.8 Å². The second-order valence-corrected chi connectivity index (χ2v) is 5.50. The fraction of sp³-hybridized carbons (Fsp3) is 0.286. The van der Waals surface area contributed by atoms with Crippen LogP contribution in [0.3, 0.4) is 0 Å². The molecule has 5 heteroatoms. The highest BCUT2D eigenvalue weighted by Crippen LogP contribution is 2.31. The summed E-state index contributed by atoms with van der Waals surface area (Å²) in [7, 11) is 0. The Kier molecular flexibility index (Phi) is 2.90.